The van der Waals surface area contributed by atoms with Crippen molar-refractivity contribution >= 4 is 23.9 Å². The van der Waals surface area contributed by atoms with Gasteiger partial charge in [-0.15, -0.1) is 0 Å². The predicted molar refractivity (Wildman–Crippen MR) is 154 cm³/mol. The molecule has 0 bridgehead atoms. The summed E-state index contributed by atoms with van der Waals surface area (Å²) in [6.45, 7) is 8.17. The van der Waals surface area contributed by atoms with E-state index in [0.717, 1.165) is 68.5 Å². The third-order valence-electron chi connectivity index (χ3n) is 8.59. The van der Waals surface area contributed by atoms with Gasteiger partial charge in [-0.1, -0.05) is 30.3 Å². The van der Waals surface area contributed by atoms with Crippen LogP contribution >= 0.6 is 0 Å². The van der Waals surface area contributed by atoms with Crippen molar-refractivity contribution in [1.82, 2.24) is 9.80 Å². The lowest BCUT2D eigenvalue weighted by molar-refractivity contribution is -0.195. The molecule has 44 heavy (non-hydrogen) atoms. The van der Waals surface area contributed by atoms with Crippen LogP contribution in [0.3, 0.4) is 0 Å². The van der Waals surface area contributed by atoms with Gasteiger partial charge in [0.15, 0.2) is 17.3 Å². The summed E-state index contributed by atoms with van der Waals surface area (Å²) >= 11 is 0. The van der Waals surface area contributed by atoms with Gasteiger partial charge in [0.05, 0.1) is 0 Å². The minimum Gasteiger partial charge on any atom is -0.486 e. The Morgan fingerprint density at radius 2 is 1.64 bits per heavy atom. The molecule has 0 saturated carbocycles. The zero-order valence-corrected chi connectivity index (χ0v) is 24.7. The number of primary amides is 1. The molecule has 1 spiro atoms. The number of esters is 1. The van der Waals surface area contributed by atoms with Gasteiger partial charge < -0.3 is 24.8 Å². The SMILES string of the molecule is CC1(C)COc2cccc(CN3CCC4(CC3)CCN(C(=O)c3ccccc3/C=C(/OC(=O)C(F)(F)F)C(N)=O)CC4)c2O1. The van der Waals surface area contributed by atoms with Gasteiger partial charge in [-0.2, -0.15) is 13.2 Å². The maximum atomic E-state index is 13.5. The van der Waals surface area contributed by atoms with Gasteiger partial charge in [-0.3, -0.25) is 14.5 Å². The maximum Gasteiger partial charge on any atom is 0.491 e. The van der Waals surface area contributed by atoms with E-state index >= 15 is 0 Å². The Labute approximate surface area is 253 Å². The molecule has 0 radical (unpaired) electrons. The summed E-state index contributed by atoms with van der Waals surface area (Å²) in [6.07, 6.45) is -0.774. The van der Waals surface area contributed by atoms with Gasteiger partial charge in [0.2, 0.25) is 0 Å². The summed E-state index contributed by atoms with van der Waals surface area (Å²) in [5, 5.41) is 0. The first-order chi connectivity index (χ1) is 20.8. The summed E-state index contributed by atoms with van der Waals surface area (Å²) in [5.74, 6) is -3.68. The summed E-state index contributed by atoms with van der Waals surface area (Å²) in [7, 11) is 0. The molecule has 0 unspecified atom stereocenters. The van der Waals surface area contributed by atoms with Crippen molar-refractivity contribution < 1.29 is 41.8 Å². The van der Waals surface area contributed by atoms with Crippen LogP contribution in [0, 0.1) is 5.41 Å². The second kappa shape index (κ2) is 12.1. The average molecular weight is 616 g/mol. The third kappa shape index (κ3) is 7.01. The first-order valence-electron chi connectivity index (χ1n) is 14.6. The number of piperidine rings is 2. The topological polar surface area (TPSA) is 111 Å². The second-order valence-corrected chi connectivity index (χ2v) is 12.3. The Kier molecular flexibility index (Phi) is 8.66. The Bertz CT molecular complexity index is 1450. The van der Waals surface area contributed by atoms with Gasteiger partial charge in [0.1, 0.15) is 12.2 Å². The van der Waals surface area contributed by atoms with E-state index in [9.17, 15) is 27.6 Å². The van der Waals surface area contributed by atoms with Crippen molar-refractivity contribution in [1.29, 1.82) is 0 Å². The molecule has 2 amide bonds. The largest absolute Gasteiger partial charge is 0.491 e. The molecular weight excluding hydrogens is 579 g/mol. The Morgan fingerprint density at radius 3 is 2.30 bits per heavy atom. The highest BCUT2D eigenvalue weighted by molar-refractivity contribution is 6.02. The fraction of sp³-hybridized carbons (Fsp3) is 0.469. The van der Waals surface area contributed by atoms with E-state index in [1.807, 2.05) is 26.0 Å². The standard InChI is InChI=1S/C32H36F3N3O6/c1-30(2)20-42-24-9-5-7-22(26(24)44-30)19-37-14-10-31(11-15-37)12-16-38(17-13-31)28(40)23-8-4-3-6-21(23)18-25(27(36)39)43-29(41)32(33,34)35/h3-9,18H,10-17,19-20H2,1-2H3,(H2,36,39)/b25-18+. The smallest absolute Gasteiger partial charge is 0.486 e. The molecule has 2 aromatic carbocycles. The number of nitrogens with zero attached hydrogens (tertiary/aromatic N) is 2. The third-order valence-corrected chi connectivity index (χ3v) is 8.59. The van der Waals surface area contributed by atoms with Crippen LogP contribution in [0.4, 0.5) is 13.2 Å². The van der Waals surface area contributed by atoms with Gasteiger partial charge in [0.25, 0.3) is 11.8 Å². The monoisotopic (exact) mass is 615 g/mol. The molecule has 2 fully saturated rings. The van der Waals surface area contributed by atoms with E-state index in [1.54, 1.807) is 17.0 Å². The molecule has 12 heteroatoms. The molecule has 236 valence electrons. The Balaban J connectivity index is 1.20. The molecular formula is C32H36F3N3O6. The Morgan fingerprint density at radius 1 is 0.977 bits per heavy atom. The van der Waals surface area contributed by atoms with E-state index in [4.69, 9.17) is 15.2 Å². The number of likely N-dealkylation sites (tertiary alicyclic amines) is 2. The number of alkyl halides is 3. The number of halogens is 3. The molecule has 3 heterocycles. The van der Waals surface area contributed by atoms with Gasteiger partial charge in [0, 0.05) is 30.8 Å². The molecule has 9 nitrogen and oxygen atoms in total. The number of amides is 2. The number of fused-ring (bicyclic) bond motifs is 1. The molecule has 3 aliphatic heterocycles. The van der Waals surface area contributed by atoms with Crippen molar-refractivity contribution in [2.24, 2.45) is 11.1 Å². The predicted octanol–water partition coefficient (Wildman–Crippen LogP) is 4.69. The minimum absolute atomic E-state index is 0.120. The highest BCUT2D eigenvalue weighted by atomic mass is 19.4. The van der Waals surface area contributed by atoms with Crippen LogP contribution in [0.15, 0.2) is 48.2 Å². The first-order valence-corrected chi connectivity index (χ1v) is 14.6. The number of hydrogen-bond donors (Lipinski definition) is 1. The van der Waals surface area contributed by atoms with Gasteiger partial charge in [-0.25, -0.2) is 4.79 Å². The molecule has 2 aromatic rings. The van der Waals surface area contributed by atoms with Crippen molar-refractivity contribution in [3.8, 4) is 11.5 Å². The van der Waals surface area contributed by atoms with Crippen LogP contribution in [0.5, 0.6) is 11.5 Å². The number of benzene rings is 2. The summed E-state index contributed by atoms with van der Waals surface area (Å²) in [5.41, 5.74) is 6.28. The van der Waals surface area contributed by atoms with Crippen molar-refractivity contribution in [3.05, 3.63) is 64.9 Å². The lowest BCUT2D eigenvalue weighted by atomic mass is 9.71. The van der Waals surface area contributed by atoms with Crippen LogP contribution in [0.1, 0.15) is 61.0 Å². The average Bonchev–Trinajstić information content (AvgIpc) is 2.98. The van der Waals surface area contributed by atoms with Crippen LogP contribution in [0.25, 0.3) is 6.08 Å². The van der Waals surface area contributed by atoms with Crippen LogP contribution in [0.2, 0.25) is 0 Å². The highest BCUT2D eigenvalue weighted by Gasteiger charge is 2.43. The van der Waals surface area contributed by atoms with Crippen molar-refractivity contribution in [2.75, 3.05) is 32.8 Å². The Hall–Kier alpha value is -4.06. The normalized spacial score (nSPS) is 19.8. The zero-order valence-electron chi connectivity index (χ0n) is 24.7. The van der Waals surface area contributed by atoms with Gasteiger partial charge in [-0.05, 0) is 81.8 Å². The lowest BCUT2D eigenvalue weighted by Crippen LogP contribution is -2.48. The molecule has 0 atom stereocenters. The zero-order chi connectivity index (χ0) is 31.7. The summed E-state index contributed by atoms with van der Waals surface area (Å²) in [6, 6.07) is 12.1. The first kappa shape index (κ1) is 31.4. The number of carbonyl (C=O) groups excluding carboxylic acids is 3. The van der Waals surface area contributed by atoms with Crippen molar-refractivity contribution in [2.45, 2.75) is 57.9 Å². The molecule has 0 aromatic heterocycles. The van der Waals surface area contributed by atoms with Crippen LogP contribution in [-0.2, 0) is 20.9 Å². The lowest BCUT2D eigenvalue weighted by Gasteiger charge is -2.47. The van der Waals surface area contributed by atoms with E-state index in [0.29, 0.717) is 19.7 Å². The summed E-state index contributed by atoms with van der Waals surface area (Å²) < 4.78 is 54.5. The van der Waals surface area contributed by atoms with Crippen LogP contribution < -0.4 is 15.2 Å². The van der Waals surface area contributed by atoms with E-state index in [1.165, 1.54) is 12.1 Å². The number of para-hydroxylation sites is 1. The summed E-state index contributed by atoms with van der Waals surface area (Å²) in [4.78, 5) is 40.7. The number of carbonyl (C=O) groups is 3. The van der Waals surface area contributed by atoms with E-state index < -0.39 is 23.8 Å². The van der Waals surface area contributed by atoms with Gasteiger partial charge >= 0.3 is 12.1 Å². The van der Waals surface area contributed by atoms with Crippen molar-refractivity contribution in [3.63, 3.8) is 0 Å². The second-order valence-electron chi connectivity index (χ2n) is 12.3. The molecule has 3 aliphatic rings. The molecule has 2 saturated heterocycles. The molecule has 5 rings (SSSR count). The van der Waals surface area contributed by atoms with E-state index in [2.05, 4.69) is 15.7 Å². The number of rotatable bonds is 6. The number of ether oxygens (including phenoxy) is 3. The molecule has 0 aliphatic carbocycles. The quantitative estimate of drug-likeness (QED) is 0.285. The van der Waals surface area contributed by atoms with E-state index in [-0.39, 0.29) is 28.1 Å². The highest BCUT2D eigenvalue weighted by Crippen LogP contribution is 2.43. The fourth-order valence-electron chi connectivity index (χ4n) is 6.02. The number of nitrogens with two attached hydrogens (primary N) is 1. The molecule has 2 N–H and O–H groups in total. The maximum absolute atomic E-state index is 13.5. The minimum atomic E-state index is -5.31. The number of hydrogen-bond acceptors (Lipinski definition) is 7. The fourth-order valence-corrected chi connectivity index (χ4v) is 6.02. The van der Waals surface area contributed by atoms with Crippen LogP contribution in [-0.4, -0.2) is 72.1 Å².